The number of benzene rings is 1. The largest absolute Gasteiger partial charge is 0.491 e. The number of fused-ring (bicyclic) bond motifs is 4. The topological polar surface area (TPSA) is 46.5 Å². The van der Waals surface area contributed by atoms with E-state index in [1.807, 2.05) is 12.1 Å². The number of ketones is 1. The molecule has 194 valence electrons. The fourth-order valence-corrected chi connectivity index (χ4v) is 7.01. The van der Waals surface area contributed by atoms with Crippen molar-refractivity contribution < 1.29 is 27.8 Å². The number of carbonyl (C=O) groups excluding carboxylic acids is 1. The molecule has 0 aliphatic heterocycles. The Labute approximate surface area is 211 Å². The lowest BCUT2D eigenvalue weighted by molar-refractivity contribution is -0.114. The van der Waals surface area contributed by atoms with Gasteiger partial charge in [0.2, 0.25) is 0 Å². The van der Waals surface area contributed by atoms with Gasteiger partial charge in [-0.1, -0.05) is 24.6 Å². The minimum Gasteiger partial charge on any atom is -0.491 e. The van der Waals surface area contributed by atoms with E-state index in [9.17, 15) is 23.1 Å². The van der Waals surface area contributed by atoms with Crippen LogP contribution in [0.1, 0.15) is 77.2 Å². The molecule has 0 aromatic heterocycles. The number of rotatable bonds is 3. The van der Waals surface area contributed by atoms with Gasteiger partial charge in [-0.2, -0.15) is 13.2 Å². The summed E-state index contributed by atoms with van der Waals surface area (Å²) in [5.41, 5.74) is 5.62. The predicted molar refractivity (Wildman–Crippen MR) is 133 cm³/mol. The number of aliphatic hydroxyl groups excluding tert-OH is 1. The molecule has 1 aromatic carbocycles. The molecule has 3 nitrogen and oxygen atoms in total. The average molecular weight is 501 g/mol. The lowest BCUT2D eigenvalue weighted by atomic mass is 9.53. The summed E-state index contributed by atoms with van der Waals surface area (Å²) >= 11 is 0. The van der Waals surface area contributed by atoms with E-state index in [2.05, 4.69) is 45.4 Å². The highest BCUT2D eigenvalue weighted by atomic mass is 19.4. The van der Waals surface area contributed by atoms with E-state index in [1.54, 1.807) is 5.57 Å². The minimum atomic E-state index is -4.43. The Morgan fingerprint density at radius 2 is 1.89 bits per heavy atom. The van der Waals surface area contributed by atoms with Crippen LogP contribution in [0.15, 0.2) is 47.1 Å². The molecule has 4 aliphatic carbocycles. The second-order valence-corrected chi connectivity index (χ2v) is 11.1. The van der Waals surface area contributed by atoms with Crippen LogP contribution < -0.4 is 4.74 Å². The molecule has 5 rings (SSSR count). The van der Waals surface area contributed by atoms with Crippen molar-refractivity contribution in [1.82, 2.24) is 0 Å². The number of terminal acetylenes is 1. The summed E-state index contributed by atoms with van der Waals surface area (Å²) in [6.07, 6.45) is 8.06. The van der Waals surface area contributed by atoms with Crippen molar-refractivity contribution in [2.45, 2.75) is 90.0 Å². The van der Waals surface area contributed by atoms with Crippen molar-refractivity contribution in [3.05, 3.63) is 52.6 Å². The van der Waals surface area contributed by atoms with Crippen molar-refractivity contribution in [2.75, 3.05) is 0 Å². The van der Waals surface area contributed by atoms with Crippen LogP contribution in [0.3, 0.4) is 0 Å². The molecule has 4 aliphatic rings. The molecule has 0 bridgehead atoms. The SMILES string of the molecule is C#CC(F)(F)F.CC(C)Oc1cccc(C2CC3(C)C(O)CCC3C3CCC4=CC(=O)CCC4=C23)c1. The zero-order valence-corrected chi connectivity index (χ0v) is 21.2. The van der Waals surface area contributed by atoms with E-state index in [0.29, 0.717) is 30.1 Å². The van der Waals surface area contributed by atoms with Crippen LogP contribution in [0.2, 0.25) is 0 Å². The first-order valence-electron chi connectivity index (χ1n) is 12.9. The first kappa shape index (κ1) is 26.5. The quantitative estimate of drug-likeness (QED) is 0.459. The zero-order valence-electron chi connectivity index (χ0n) is 21.2. The summed E-state index contributed by atoms with van der Waals surface area (Å²) in [6, 6.07) is 8.60. The molecule has 0 amide bonds. The van der Waals surface area contributed by atoms with Gasteiger partial charge in [0, 0.05) is 18.3 Å². The molecule has 2 saturated carbocycles. The molecule has 0 saturated heterocycles. The van der Waals surface area contributed by atoms with Gasteiger partial charge in [0.25, 0.3) is 0 Å². The first-order valence-corrected chi connectivity index (χ1v) is 12.9. The van der Waals surface area contributed by atoms with Gasteiger partial charge in [-0.3, -0.25) is 4.79 Å². The smallest absolute Gasteiger partial charge is 0.457 e. The van der Waals surface area contributed by atoms with E-state index in [1.165, 1.54) is 16.7 Å². The predicted octanol–water partition coefficient (Wildman–Crippen LogP) is 6.92. The van der Waals surface area contributed by atoms with Crippen LogP contribution in [0.25, 0.3) is 0 Å². The van der Waals surface area contributed by atoms with Crippen molar-refractivity contribution in [3.63, 3.8) is 0 Å². The maximum Gasteiger partial charge on any atom is 0.457 e. The van der Waals surface area contributed by atoms with Crippen LogP contribution in [-0.2, 0) is 4.79 Å². The highest BCUT2D eigenvalue weighted by molar-refractivity contribution is 5.93. The Balaban J connectivity index is 0.000000455. The summed E-state index contributed by atoms with van der Waals surface area (Å²) in [5, 5.41) is 11.0. The molecule has 5 unspecified atom stereocenters. The van der Waals surface area contributed by atoms with Gasteiger partial charge in [-0.25, -0.2) is 0 Å². The standard InChI is InChI=1S/C27H34O3.C3HF3/c1-16(2)30-20-6-4-5-17(14-20)23-15-27(3)24(11-12-25(27)29)22-9-7-18-13-19(28)8-10-21(18)26(22)23;1-2-3(4,5)6/h4-6,13-14,16,22-25,29H,7-12,15H2,1-3H3;1H. The number of hydrogen-bond donors (Lipinski definition) is 1. The molecule has 0 radical (unpaired) electrons. The summed E-state index contributed by atoms with van der Waals surface area (Å²) < 4.78 is 37.7. The van der Waals surface area contributed by atoms with Gasteiger partial charge in [-0.15, -0.1) is 6.42 Å². The molecule has 6 heteroatoms. The van der Waals surface area contributed by atoms with Crippen LogP contribution in [0, 0.1) is 29.6 Å². The lowest BCUT2D eigenvalue weighted by Crippen LogP contribution is -2.45. The number of allylic oxidation sites excluding steroid dienone is 4. The fraction of sp³-hybridized carbons (Fsp3) is 0.567. The van der Waals surface area contributed by atoms with Crippen LogP contribution in [0.5, 0.6) is 5.75 Å². The fourth-order valence-electron chi connectivity index (χ4n) is 7.01. The highest BCUT2D eigenvalue weighted by Crippen LogP contribution is 2.63. The summed E-state index contributed by atoms with van der Waals surface area (Å²) in [6.45, 7) is 6.45. The van der Waals surface area contributed by atoms with Gasteiger partial charge in [0.05, 0.1) is 12.2 Å². The number of hydrogen-bond acceptors (Lipinski definition) is 3. The second kappa shape index (κ2) is 10.1. The maximum atomic E-state index is 12.1. The third-order valence-electron chi connectivity index (χ3n) is 8.48. The molecule has 1 N–H and O–H groups in total. The third-order valence-corrected chi connectivity index (χ3v) is 8.48. The Kier molecular flexibility index (Phi) is 7.44. The number of halogens is 3. The third kappa shape index (κ3) is 5.27. The van der Waals surface area contributed by atoms with E-state index in [0.717, 1.165) is 44.3 Å². The van der Waals surface area contributed by atoms with Gasteiger partial charge in [-0.05, 0) is 105 Å². The number of carbonyl (C=O) groups is 1. The van der Waals surface area contributed by atoms with E-state index < -0.39 is 6.18 Å². The van der Waals surface area contributed by atoms with Crippen molar-refractivity contribution in [3.8, 4) is 18.1 Å². The van der Waals surface area contributed by atoms with Crippen molar-refractivity contribution in [1.29, 1.82) is 0 Å². The van der Waals surface area contributed by atoms with Gasteiger partial charge < -0.3 is 9.84 Å². The van der Waals surface area contributed by atoms with Crippen LogP contribution in [-0.4, -0.2) is 29.3 Å². The first-order chi connectivity index (χ1) is 16.9. The zero-order chi connectivity index (χ0) is 26.3. The van der Waals surface area contributed by atoms with E-state index >= 15 is 0 Å². The second-order valence-electron chi connectivity index (χ2n) is 11.1. The Bertz CT molecular complexity index is 1110. The summed E-state index contributed by atoms with van der Waals surface area (Å²) in [5.74, 6) is 3.20. The van der Waals surface area contributed by atoms with Gasteiger partial charge >= 0.3 is 6.18 Å². The van der Waals surface area contributed by atoms with Crippen LogP contribution in [0.4, 0.5) is 13.2 Å². The summed E-state index contributed by atoms with van der Waals surface area (Å²) in [4.78, 5) is 12.1. The molecular weight excluding hydrogens is 465 g/mol. The van der Waals surface area contributed by atoms with E-state index in [4.69, 9.17) is 4.74 Å². The van der Waals surface area contributed by atoms with Gasteiger partial charge in [0.15, 0.2) is 5.78 Å². The average Bonchev–Trinajstić information content (AvgIpc) is 3.12. The lowest BCUT2D eigenvalue weighted by Gasteiger charge is -2.52. The minimum absolute atomic E-state index is 0.0278. The highest BCUT2D eigenvalue weighted by Gasteiger charge is 2.56. The Morgan fingerprint density at radius 1 is 1.17 bits per heavy atom. The molecule has 5 atom stereocenters. The molecule has 2 fully saturated rings. The van der Waals surface area contributed by atoms with Crippen LogP contribution >= 0.6 is 0 Å². The number of ether oxygens (including phenoxy) is 1. The maximum absolute atomic E-state index is 12.1. The monoisotopic (exact) mass is 500 g/mol. The van der Waals surface area contributed by atoms with Gasteiger partial charge in [0.1, 0.15) is 5.75 Å². The van der Waals surface area contributed by atoms with Crippen molar-refractivity contribution in [2.24, 2.45) is 17.3 Å². The molecule has 1 aromatic rings. The number of aliphatic hydroxyl groups is 1. The molecule has 0 heterocycles. The number of alkyl halides is 3. The van der Waals surface area contributed by atoms with Crippen molar-refractivity contribution >= 4 is 5.78 Å². The summed E-state index contributed by atoms with van der Waals surface area (Å²) in [7, 11) is 0. The van der Waals surface area contributed by atoms with E-state index in [-0.39, 0.29) is 23.4 Å². The normalized spacial score (nSPS) is 31.4. The molecular formula is C30H35F3O3. The Hall–Kier alpha value is -2.52. The molecule has 0 spiro atoms. The molecule has 36 heavy (non-hydrogen) atoms. The Morgan fingerprint density at radius 3 is 2.56 bits per heavy atom.